The lowest BCUT2D eigenvalue weighted by Gasteiger charge is -2.26. The van der Waals surface area contributed by atoms with Crippen LogP contribution in [0.2, 0.25) is 0 Å². The van der Waals surface area contributed by atoms with Gasteiger partial charge in [-0.25, -0.2) is 4.99 Å². The molecule has 1 fully saturated rings. The topological polar surface area (TPSA) is 58.1 Å². The van der Waals surface area contributed by atoms with Crippen molar-refractivity contribution in [2.75, 3.05) is 45.9 Å². The van der Waals surface area contributed by atoms with Crippen LogP contribution in [0.3, 0.4) is 0 Å². The Hall–Kier alpha value is -1.93. The van der Waals surface area contributed by atoms with Crippen molar-refractivity contribution in [2.24, 2.45) is 4.99 Å². The third-order valence-corrected chi connectivity index (χ3v) is 3.93. The lowest BCUT2D eigenvalue weighted by Crippen LogP contribution is -2.40. The minimum Gasteiger partial charge on any atom is -0.435 e. The molecule has 1 aromatic rings. The number of alkyl halides is 2. The van der Waals surface area contributed by atoms with Crippen LogP contribution in [0.4, 0.5) is 8.78 Å². The van der Waals surface area contributed by atoms with Crippen LogP contribution in [0, 0.1) is 0 Å². The predicted octanol–water partition coefficient (Wildman–Crippen LogP) is 2.07. The Kier molecular flexibility index (Phi) is 9.13. The molecular formula is C18H28F2N4O2. The molecule has 1 heterocycles. The molecule has 0 bridgehead atoms. The van der Waals surface area contributed by atoms with E-state index in [0.717, 1.165) is 63.9 Å². The number of nitrogens with one attached hydrogen (secondary N) is 2. The third kappa shape index (κ3) is 7.97. The summed E-state index contributed by atoms with van der Waals surface area (Å²) in [4.78, 5) is 6.90. The van der Waals surface area contributed by atoms with E-state index in [4.69, 9.17) is 4.74 Å². The number of hydrogen-bond acceptors (Lipinski definition) is 4. The van der Waals surface area contributed by atoms with Gasteiger partial charge in [0.25, 0.3) is 0 Å². The van der Waals surface area contributed by atoms with Gasteiger partial charge in [-0.15, -0.1) is 0 Å². The van der Waals surface area contributed by atoms with E-state index in [0.29, 0.717) is 6.54 Å². The molecule has 1 aliphatic heterocycles. The summed E-state index contributed by atoms with van der Waals surface area (Å²) >= 11 is 0. The van der Waals surface area contributed by atoms with Gasteiger partial charge in [0.1, 0.15) is 5.75 Å². The van der Waals surface area contributed by atoms with Crippen LogP contribution in [-0.4, -0.2) is 63.4 Å². The van der Waals surface area contributed by atoms with Crippen molar-refractivity contribution in [3.63, 3.8) is 0 Å². The molecule has 0 unspecified atom stereocenters. The van der Waals surface area contributed by atoms with E-state index in [-0.39, 0.29) is 5.75 Å². The Bertz CT molecular complexity index is 552. The summed E-state index contributed by atoms with van der Waals surface area (Å²) in [6.07, 6.45) is 1.02. The van der Waals surface area contributed by atoms with Crippen LogP contribution >= 0.6 is 0 Å². The highest BCUT2D eigenvalue weighted by molar-refractivity contribution is 5.79. The first kappa shape index (κ1) is 20.4. The molecule has 6 nitrogen and oxygen atoms in total. The van der Waals surface area contributed by atoms with Crippen LogP contribution in [0.15, 0.2) is 29.3 Å². The van der Waals surface area contributed by atoms with Gasteiger partial charge in [0.05, 0.1) is 19.8 Å². The molecule has 1 saturated heterocycles. The van der Waals surface area contributed by atoms with Crippen LogP contribution in [0.5, 0.6) is 5.75 Å². The maximum atomic E-state index is 12.3. The van der Waals surface area contributed by atoms with E-state index >= 15 is 0 Å². The van der Waals surface area contributed by atoms with Gasteiger partial charge in [-0.05, 0) is 37.6 Å². The van der Waals surface area contributed by atoms with E-state index < -0.39 is 6.61 Å². The molecule has 0 saturated carbocycles. The summed E-state index contributed by atoms with van der Waals surface area (Å²) < 4.78 is 34.4. The standard InChI is InChI=1S/C18H28F2N4O2/c1-2-21-18(22-7-4-8-24-9-11-25-12-10-24)23-14-15-5-3-6-16(13-15)26-17(19)20/h3,5-6,13,17H,2,4,7-12,14H2,1H3,(H2,21,22,23). The van der Waals surface area contributed by atoms with Gasteiger partial charge in [0, 0.05) is 26.2 Å². The molecular weight excluding hydrogens is 342 g/mol. The Balaban J connectivity index is 1.78. The Morgan fingerprint density at radius 2 is 2.12 bits per heavy atom. The average molecular weight is 370 g/mol. The molecule has 0 amide bonds. The van der Waals surface area contributed by atoms with Crippen molar-refractivity contribution in [1.29, 1.82) is 0 Å². The first-order valence-corrected chi connectivity index (χ1v) is 9.03. The number of benzene rings is 1. The minimum atomic E-state index is -2.82. The van der Waals surface area contributed by atoms with Crippen molar-refractivity contribution in [1.82, 2.24) is 15.5 Å². The minimum absolute atomic E-state index is 0.149. The highest BCUT2D eigenvalue weighted by Crippen LogP contribution is 2.16. The molecule has 0 radical (unpaired) electrons. The smallest absolute Gasteiger partial charge is 0.387 e. The zero-order valence-corrected chi connectivity index (χ0v) is 15.2. The molecule has 8 heteroatoms. The van der Waals surface area contributed by atoms with Crippen LogP contribution in [0.25, 0.3) is 0 Å². The maximum absolute atomic E-state index is 12.3. The summed E-state index contributed by atoms with van der Waals surface area (Å²) in [7, 11) is 0. The van der Waals surface area contributed by atoms with Gasteiger partial charge in [0.15, 0.2) is 5.96 Å². The van der Waals surface area contributed by atoms with E-state index in [2.05, 4.69) is 25.3 Å². The molecule has 0 spiro atoms. The first-order chi connectivity index (χ1) is 12.7. The molecule has 0 atom stereocenters. The number of ether oxygens (including phenoxy) is 2. The van der Waals surface area contributed by atoms with Crippen molar-refractivity contribution < 1.29 is 18.3 Å². The lowest BCUT2D eigenvalue weighted by molar-refractivity contribution is -0.0498. The fourth-order valence-corrected chi connectivity index (χ4v) is 2.67. The zero-order valence-electron chi connectivity index (χ0n) is 15.2. The summed E-state index contributed by atoms with van der Waals surface area (Å²) in [5.74, 6) is 0.867. The first-order valence-electron chi connectivity index (χ1n) is 9.03. The molecule has 146 valence electrons. The maximum Gasteiger partial charge on any atom is 0.387 e. The Morgan fingerprint density at radius 3 is 2.85 bits per heavy atom. The molecule has 1 aliphatic rings. The number of aliphatic imine (C=N–C) groups is 1. The molecule has 1 aromatic carbocycles. The second kappa shape index (κ2) is 11.6. The van der Waals surface area contributed by atoms with E-state index in [9.17, 15) is 8.78 Å². The van der Waals surface area contributed by atoms with Crippen molar-refractivity contribution in [2.45, 2.75) is 26.5 Å². The van der Waals surface area contributed by atoms with E-state index in [1.165, 1.54) is 6.07 Å². The summed E-state index contributed by atoms with van der Waals surface area (Å²) in [6.45, 7) is 5.78. The van der Waals surface area contributed by atoms with Gasteiger partial charge in [0.2, 0.25) is 0 Å². The van der Waals surface area contributed by atoms with E-state index in [1.54, 1.807) is 12.1 Å². The molecule has 2 rings (SSSR count). The van der Waals surface area contributed by atoms with Crippen LogP contribution in [-0.2, 0) is 11.3 Å². The number of nitrogens with zero attached hydrogens (tertiary/aromatic N) is 2. The quantitative estimate of drug-likeness (QED) is 0.396. The molecule has 26 heavy (non-hydrogen) atoms. The normalized spacial score (nSPS) is 15.9. The van der Waals surface area contributed by atoms with Crippen molar-refractivity contribution in [3.05, 3.63) is 29.8 Å². The highest BCUT2D eigenvalue weighted by atomic mass is 19.3. The number of rotatable bonds is 9. The Labute approximate surface area is 153 Å². The average Bonchev–Trinajstić information content (AvgIpc) is 2.64. The molecule has 0 aliphatic carbocycles. The summed E-state index contributed by atoms with van der Waals surface area (Å²) in [6, 6.07) is 6.61. The monoisotopic (exact) mass is 370 g/mol. The molecule has 0 aromatic heterocycles. The third-order valence-electron chi connectivity index (χ3n) is 3.93. The number of halogens is 2. The van der Waals surface area contributed by atoms with Crippen molar-refractivity contribution in [3.8, 4) is 5.75 Å². The van der Waals surface area contributed by atoms with Gasteiger partial charge in [-0.3, -0.25) is 4.90 Å². The van der Waals surface area contributed by atoms with Crippen LogP contribution in [0.1, 0.15) is 18.9 Å². The fraction of sp³-hybridized carbons (Fsp3) is 0.611. The second-order valence-corrected chi connectivity index (χ2v) is 5.96. The SMILES string of the molecule is CCNC(=NCc1cccc(OC(F)F)c1)NCCCN1CCOCC1. The summed E-state index contributed by atoms with van der Waals surface area (Å²) in [5.41, 5.74) is 0.814. The van der Waals surface area contributed by atoms with E-state index in [1.807, 2.05) is 13.0 Å². The Morgan fingerprint density at radius 1 is 1.31 bits per heavy atom. The predicted molar refractivity (Wildman–Crippen MR) is 97.8 cm³/mol. The van der Waals surface area contributed by atoms with Gasteiger partial charge >= 0.3 is 6.61 Å². The fourth-order valence-electron chi connectivity index (χ4n) is 2.67. The van der Waals surface area contributed by atoms with Crippen molar-refractivity contribution >= 4 is 5.96 Å². The number of morpholine rings is 1. The lowest BCUT2D eigenvalue weighted by atomic mass is 10.2. The second-order valence-electron chi connectivity index (χ2n) is 5.96. The zero-order chi connectivity index (χ0) is 18.6. The summed E-state index contributed by atoms with van der Waals surface area (Å²) in [5, 5.41) is 6.50. The largest absolute Gasteiger partial charge is 0.435 e. The number of guanidine groups is 1. The molecule has 2 N–H and O–H groups in total. The van der Waals surface area contributed by atoms with Gasteiger partial charge in [-0.2, -0.15) is 8.78 Å². The highest BCUT2D eigenvalue weighted by Gasteiger charge is 2.09. The number of hydrogen-bond donors (Lipinski definition) is 2. The van der Waals surface area contributed by atoms with Gasteiger partial charge in [-0.1, -0.05) is 12.1 Å². The van der Waals surface area contributed by atoms with Gasteiger partial charge < -0.3 is 20.1 Å². The van der Waals surface area contributed by atoms with Crippen LogP contribution < -0.4 is 15.4 Å².